The highest BCUT2D eigenvalue weighted by Gasteiger charge is 2.43. The monoisotopic (exact) mass is 262 g/mol. The number of para-hydroxylation sites is 1. The van der Waals surface area contributed by atoms with Gasteiger partial charge in [-0.05, 0) is 35.4 Å². The molecule has 3 aromatic rings. The minimum Gasteiger partial charge on any atom is -0.361 e. The average Bonchev–Trinajstić information content (AvgIpc) is 3.14. The number of nitrogens with one attached hydrogen (secondary N) is 2. The number of fused-ring (bicyclic) bond motifs is 1. The molecule has 20 heavy (non-hydrogen) atoms. The Morgan fingerprint density at radius 3 is 2.60 bits per heavy atom. The summed E-state index contributed by atoms with van der Waals surface area (Å²) in [6, 6.07) is 19.4. The second kappa shape index (κ2) is 4.50. The number of benzene rings is 2. The molecule has 1 aromatic heterocycles. The summed E-state index contributed by atoms with van der Waals surface area (Å²) in [6.45, 7) is 0.909. The van der Waals surface area contributed by atoms with E-state index in [2.05, 4.69) is 64.9 Å². The number of H-pyrrole nitrogens is 1. The van der Waals surface area contributed by atoms with Crippen molar-refractivity contribution in [3.05, 3.63) is 71.9 Å². The molecule has 0 bridgehead atoms. The van der Waals surface area contributed by atoms with E-state index >= 15 is 0 Å². The molecule has 1 saturated carbocycles. The molecule has 0 atom stereocenters. The summed E-state index contributed by atoms with van der Waals surface area (Å²) in [7, 11) is 0. The molecule has 1 heterocycles. The van der Waals surface area contributed by atoms with Crippen LogP contribution in [-0.2, 0) is 12.1 Å². The van der Waals surface area contributed by atoms with E-state index < -0.39 is 0 Å². The molecule has 2 nitrogen and oxygen atoms in total. The van der Waals surface area contributed by atoms with E-state index in [4.69, 9.17) is 0 Å². The summed E-state index contributed by atoms with van der Waals surface area (Å²) in [4.78, 5) is 3.34. The van der Waals surface area contributed by atoms with Crippen molar-refractivity contribution in [2.45, 2.75) is 24.9 Å². The minimum absolute atomic E-state index is 0.204. The Kier molecular flexibility index (Phi) is 2.64. The van der Waals surface area contributed by atoms with Gasteiger partial charge in [-0.1, -0.05) is 48.5 Å². The lowest BCUT2D eigenvalue weighted by atomic mass is 10.0. The molecule has 2 N–H and O–H groups in total. The summed E-state index contributed by atoms with van der Waals surface area (Å²) >= 11 is 0. The Labute approximate surface area is 118 Å². The second-order valence-electron chi connectivity index (χ2n) is 5.66. The van der Waals surface area contributed by atoms with Crippen LogP contribution in [0.15, 0.2) is 60.8 Å². The van der Waals surface area contributed by atoms with E-state index in [0.29, 0.717) is 0 Å². The zero-order chi connectivity index (χ0) is 13.4. The first-order valence-corrected chi connectivity index (χ1v) is 7.23. The minimum atomic E-state index is 0.204. The maximum absolute atomic E-state index is 3.76. The van der Waals surface area contributed by atoms with Crippen molar-refractivity contribution in [3.8, 4) is 0 Å². The SMILES string of the molecule is c1ccc(C2(NCc3cccc4cc[nH]c34)CC2)cc1. The predicted molar refractivity (Wildman–Crippen MR) is 82.5 cm³/mol. The number of aromatic amines is 1. The number of hydrogen-bond donors (Lipinski definition) is 2. The van der Waals surface area contributed by atoms with Gasteiger partial charge in [0.2, 0.25) is 0 Å². The normalized spacial score (nSPS) is 16.4. The van der Waals surface area contributed by atoms with Crippen LogP contribution in [0, 0.1) is 0 Å². The molecule has 2 heteroatoms. The van der Waals surface area contributed by atoms with E-state index in [1.807, 2.05) is 6.20 Å². The van der Waals surface area contributed by atoms with Gasteiger partial charge < -0.3 is 10.3 Å². The first-order chi connectivity index (χ1) is 9.87. The highest BCUT2D eigenvalue weighted by molar-refractivity contribution is 5.82. The molecule has 0 radical (unpaired) electrons. The third-order valence-corrected chi connectivity index (χ3v) is 4.37. The smallest absolute Gasteiger partial charge is 0.0499 e. The van der Waals surface area contributed by atoms with Crippen LogP contribution in [0.5, 0.6) is 0 Å². The number of hydrogen-bond acceptors (Lipinski definition) is 1. The van der Waals surface area contributed by atoms with Gasteiger partial charge in [0.05, 0.1) is 0 Å². The summed E-state index contributed by atoms with van der Waals surface area (Å²) in [5, 5.41) is 5.05. The zero-order valence-electron chi connectivity index (χ0n) is 11.4. The topological polar surface area (TPSA) is 27.8 Å². The molecule has 0 spiro atoms. The largest absolute Gasteiger partial charge is 0.361 e. The Morgan fingerprint density at radius 1 is 0.950 bits per heavy atom. The Balaban J connectivity index is 1.58. The third kappa shape index (κ3) is 1.93. The van der Waals surface area contributed by atoms with Gasteiger partial charge in [0.25, 0.3) is 0 Å². The zero-order valence-corrected chi connectivity index (χ0v) is 11.4. The number of aromatic nitrogens is 1. The van der Waals surface area contributed by atoms with Crippen LogP contribution in [0.25, 0.3) is 10.9 Å². The highest BCUT2D eigenvalue weighted by Crippen LogP contribution is 2.45. The van der Waals surface area contributed by atoms with Gasteiger partial charge in [0.15, 0.2) is 0 Å². The second-order valence-corrected chi connectivity index (χ2v) is 5.66. The Hall–Kier alpha value is -2.06. The van der Waals surface area contributed by atoms with Gasteiger partial charge in [-0.2, -0.15) is 0 Å². The van der Waals surface area contributed by atoms with Gasteiger partial charge in [0.1, 0.15) is 0 Å². The van der Waals surface area contributed by atoms with Crippen LogP contribution in [0.1, 0.15) is 24.0 Å². The fourth-order valence-electron chi connectivity index (χ4n) is 3.01. The Morgan fingerprint density at radius 2 is 1.80 bits per heavy atom. The first kappa shape index (κ1) is 11.7. The first-order valence-electron chi connectivity index (χ1n) is 7.23. The molecule has 1 fully saturated rings. The molecular weight excluding hydrogens is 244 g/mol. The van der Waals surface area contributed by atoms with Crippen LogP contribution in [0.2, 0.25) is 0 Å². The molecule has 0 aliphatic heterocycles. The van der Waals surface area contributed by atoms with E-state index in [9.17, 15) is 0 Å². The van der Waals surface area contributed by atoms with Crippen molar-refractivity contribution in [1.82, 2.24) is 10.3 Å². The van der Waals surface area contributed by atoms with Crippen molar-refractivity contribution in [3.63, 3.8) is 0 Å². The molecular formula is C18H18N2. The summed E-state index contributed by atoms with van der Waals surface area (Å²) in [5.74, 6) is 0. The molecule has 100 valence electrons. The lowest BCUT2D eigenvalue weighted by Crippen LogP contribution is -2.28. The van der Waals surface area contributed by atoms with E-state index in [0.717, 1.165) is 6.54 Å². The van der Waals surface area contributed by atoms with Gasteiger partial charge >= 0.3 is 0 Å². The molecule has 2 aromatic carbocycles. The van der Waals surface area contributed by atoms with Gasteiger partial charge in [-0.15, -0.1) is 0 Å². The number of rotatable bonds is 4. The Bertz CT molecular complexity index is 723. The fourth-order valence-corrected chi connectivity index (χ4v) is 3.01. The van der Waals surface area contributed by atoms with Crippen LogP contribution >= 0.6 is 0 Å². The predicted octanol–water partition coefficient (Wildman–Crippen LogP) is 3.95. The van der Waals surface area contributed by atoms with Crippen molar-refractivity contribution in [1.29, 1.82) is 0 Å². The lowest BCUT2D eigenvalue weighted by Gasteiger charge is -2.18. The molecule has 0 amide bonds. The van der Waals surface area contributed by atoms with Gasteiger partial charge in [-0.25, -0.2) is 0 Å². The molecule has 1 aliphatic carbocycles. The summed E-state index contributed by atoms with van der Waals surface area (Å²) in [6.07, 6.45) is 4.48. The van der Waals surface area contributed by atoms with E-state index in [1.54, 1.807) is 0 Å². The summed E-state index contributed by atoms with van der Waals surface area (Å²) in [5.41, 5.74) is 4.22. The molecule has 4 rings (SSSR count). The maximum atomic E-state index is 3.76. The van der Waals surface area contributed by atoms with Crippen molar-refractivity contribution < 1.29 is 0 Å². The van der Waals surface area contributed by atoms with Crippen LogP contribution in [0.4, 0.5) is 0 Å². The van der Waals surface area contributed by atoms with Crippen molar-refractivity contribution in [2.75, 3.05) is 0 Å². The van der Waals surface area contributed by atoms with Crippen LogP contribution in [-0.4, -0.2) is 4.98 Å². The maximum Gasteiger partial charge on any atom is 0.0499 e. The standard InChI is InChI=1S/C18H18N2/c1-2-7-16(8-3-1)18(10-11-18)20-13-15-6-4-5-14-9-12-19-17(14)15/h1-9,12,19-20H,10-11,13H2. The highest BCUT2D eigenvalue weighted by atomic mass is 15.0. The molecule has 0 unspecified atom stereocenters. The van der Waals surface area contributed by atoms with E-state index in [-0.39, 0.29) is 5.54 Å². The fraction of sp³-hybridized carbons (Fsp3) is 0.222. The van der Waals surface area contributed by atoms with E-state index in [1.165, 1.54) is 34.9 Å². The van der Waals surface area contributed by atoms with Crippen molar-refractivity contribution >= 4 is 10.9 Å². The van der Waals surface area contributed by atoms with Gasteiger partial charge in [-0.3, -0.25) is 0 Å². The van der Waals surface area contributed by atoms with Crippen LogP contribution < -0.4 is 5.32 Å². The van der Waals surface area contributed by atoms with Gasteiger partial charge in [0, 0.05) is 23.8 Å². The van der Waals surface area contributed by atoms with Crippen molar-refractivity contribution in [2.24, 2.45) is 0 Å². The van der Waals surface area contributed by atoms with Crippen LogP contribution in [0.3, 0.4) is 0 Å². The molecule has 1 aliphatic rings. The lowest BCUT2D eigenvalue weighted by molar-refractivity contribution is 0.520. The summed E-state index contributed by atoms with van der Waals surface area (Å²) < 4.78 is 0. The average molecular weight is 262 g/mol. The quantitative estimate of drug-likeness (QED) is 0.732. The third-order valence-electron chi connectivity index (χ3n) is 4.37. The molecule has 0 saturated heterocycles.